The first-order valence-electron chi connectivity index (χ1n) is 13.3. The fourth-order valence-electron chi connectivity index (χ4n) is 4.96. The number of thiophene rings is 1. The molecule has 0 aliphatic rings. The van der Waals surface area contributed by atoms with Crippen LogP contribution in [0.3, 0.4) is 0 Å². The number of nitrogens with one attached hydrogen (secondary N) is 1. The number of pyridine rings is 1. The van der Waals surface area contributed by atoms with Crippen molar-refractivity contribution in [3.63, 3.8) is 0 Å². The van der Waals surface area contributed by atoms with Crippen molar-refractivity contribution < 1.29 is 4.79 Å². The van der Waals surface area contributed by atoms with Gasteiger partial charge in [0.15, 0.2) is 0 Å². The third kappa shape index (κ3) is 5.48. The van der Waals surface area contributed by atoms with Gasteiger partial charge in [0.2, 0.25) is 0 Å². The van der Waals surface area contributed by atoms with E-state index in [-0.39, 0.29) is 5.91 Å². The van der Waals surface area contributed by atoms with Crippen molar-refractivity contribution in [2.45, 2.75) is 40.5 Å². The van der Waals surface area contributed by atoms with Crippen molar-refractivity contribution >= 4 is 33.1 Å². The van der Waals surface area contributed by atoms with Gasteiger partial charge >= 0.3 is 0 Å². The number of rotatable bonds is 7. The van der Waals surface area contributed by atoms with Crippen LogP contribution in [0.25, 0.3) is 33.3 Å². The van der Waals surface area contributed by atoms with Gasteiger partial charge < -0.3 is 5.32 Å². The number of para-hydroxylation sites is 1. The molecule has 1 amide bonds. The Kier molecular flexibility index (Phi) is 7.58. The van der Waals surface area contributed by atoms with Crippen LogP contribution in [0.4, 0.5) is 5.00 Å². The number of carbonyl (C=O) groups is 1. The average Bonchev–Trinajstić information content (AvgIpc) is 3.26. The van der Waals surface area contributed by atoms with Crippen molar-refractivity contribution in [1.29, 1.82) is 5.26 Å². The van der Waals surface area contributed by atoms with Crippen LogP contribution in [0.15, 0.2) is 78.9 Å². The lowest BCUT2D eigenvalue weighted by molar-refractivity contribution is 0.102. The fraction of sp³-hybridized carbons (Fsp3) is 0.206. The van der Waals surface area contributed by atoms with Gasteiger partial charge in [0.25, 0.3) is 5.91 Å². The SMILES string of the molecule is CCc1ccc(-c2c(C)sc(NC(=O)c3cc(-c4ccc(CC(C)C)cc4)nc4ccccc34)c2C#N)cc1. The Bertz CT molecular complexity index is 1690. The van der Waals surface area contributed by atoms with E-state index in [0.717, 1.165) is 51.0 Å². The number of fused-ring (bicyclic) bond motifs is 1. The Morgan fingerprint density at radius 1 is 0.974 bits per heavy atom. The standard InChI is InChI=1S/C34H31N3OS/c1-5-23-10-16-26(17-11-23)32-22(4)39-34(29(32)20-35)37-33(38)28-19-31(36-30-9-7-6-8-27(28)30)25-14-12-24(13-15-25)18-21(2)3/h6-17,19,21H,5,18H2,1-4H3,(H,37,38). The van der Waals surface area contributed by atoms with Crippen molar-refractivity contribution in [3.8, 4) is 28.5 Å². The molecule has 1 N–H and O–H groups in total. The number of aromatic nitrogens is 1. The van der Waals surface area contributed by atoms with E-state index in [0.29, 0.717) is 22.0 Å². The number of aryl methyl sites for hydroxylation is 2. The van der Waals surface area contributed by atoms with Crippen molar-refractivity contribution in [2.24, 2.45) is 5.92 Å². The molecule has 0 aliphatic carbocycles. The minimum atomic E-state index is -0.253. The Morgan fingerprint density at radius 2 is 1.64 bits per heavy atom. The summed E-state index contributed by atoms with van der Waals surface area (Å²) in [5.74, 6) is 0.331. The molecule has 0 radical (unpaired) electrons. The molecular weight excluding hydrogens is 498 g/mol. The van der Waals surface area contributed by atoms with E-state index in [1.165, 1.54) is 22.5 Å². The molecule has 194 valence electrons. The topological polar surface area (TPSA) is 65.8 Å². The van der Waals surface area contributed by atoms with E-state index in [1.807, 2.05) is 37.3 Å². The maximum absolute atomic E-state index is 13.8. The summed E-state index contributed by atoms with van der Waals surface area (Å²) in [6, 6.07) is 28.6. The normalized spacial score (nSPS) is 11.1. The Labute approximate surface area is 234 Å². The minimum Gasteiger partial charge on any atom is -0.312 e. The second kappa shape index (κ2) is 11.2. The fourth-order valence-corrected chi connectivity index (χ4v) is 5.98. The largest absolute Gasteiger partial charge is 0.312 e. The first kappa shape index (κ1) is 26.3. The highest BCUT2D eigenvalue weighted by Crippen LogP contribution is 2.40. The predicted molar refractivity (Wildman–Crippen MR) is 162 cm³/mol. The van der Waals surface area contributed by atoms with E-state index in [9.17, 15) is 10.1 Å². The summed E-state index contributed by atoms with van der Waals surface area (Å²) in [4.78, 5) is 19.6. The Morgan fingerprint density at radius 3 is 2.31 bits per heavy atom. The molecule has 5 heteroatoms. The number of nitriles is 1. The number of hydrogen-bond acceptors (Lipinski definition) is 4. The van der Waals surface area contributed by atoms with Crippen LogP contribution in [-0.2, 0) is 12.8 Å². The molecule has 5 rings (SSSR count). The van der Waals surface area contributed by atoms with Gasteiger partial charge in [-0.05, 0) is 54.5 Å². The summed E-state index contributed by atoms with van der Waals surface area (Å²) in [6.45, 7) is 8.53. The lowest BCUT2D eigenvalue weighted by atomic mass is 9.99. The lowest BCUT2D eigenvalue weighted by Crippen LogP contribution is -2.13. The highest BCUT2D eigenvalue weighted by atomic mass is 32.1. The van der Waals surface area contributed by atoms with Crippen LogP contribution >= 0.6 is 11.3 Å². The molecule has 0 fully saturated rings. The maximum atomic E-state index is 13.8. The third-order valence-electron chi connectivity index (χ3n) is 6.93. The number of anilines is 1. The van der Waals surface area contributed by atoms with Crippen LogP contribution < -0.4 is 5.32 Å². The van der Waals surface area contributed by atoms with Crippen LogP contribution in [0.5, 0.6) is 0 Å². The van der Waals surface area contributed by atoms with E-state index < -0.39 is 0 Å². The smallest absolute Gasteiger partial charge is 0.257 e. The second-order valence-electron chi connectivity index (χ2n) is 10.2. The molecule has 2 heterocycles. The molecule has 0 bridgehead atoms. The summed E-state index contributed by atoms with van der Waals surface area (Å²) in [5.41, 5.74) is 7.88. The zero-order valence-corrected chi connectivity index (χ0v) is 23.5. The van der Waals surface area contributed by atoms with Gasteiger partial charge in [-0.3, -0.25) is 4.79 Å². The molecule has 0 atom stereocenters. The predicted octanol–water partition coefficient (Wildman–Crippen LogP) is 8.82. The zero-order valence-electron chi connectivity index (χ0n) is 22.7. The molecule has 3 aromatic carbocycles. The van der Waals surface area contributed by atoms with Crippen molar-refractivity contribution in [3.05, 3.63) is 106 Å². The third-order valence-corrected chi connectivity index (χ3v) is 7.95. The number of amides is 1. The molecule has 39 heavy (non-hydrogen) atoms. The summed E-state index contributed by atoms with van der Waals surface area (Å²) in [7, 11) is 0. The van der Waals surface area contributed by atoms with Gasteiger partial charge in [0.05, 0.1) is 22.3 Å². The molecule has 0 aliphatic heterocycles. The lowest BCUT2D eigenvalue weighted by Gasteiger charge is -2.11. The summed E-state index contributed by atoms with van der Waals surface area (Å²) >= 11 is 1.44. The van der Waals surface area contributed by atoms with Crippen LogP contribution in [0.2, 0.25) is 0 Å². The van der Waals surface area contributed by atoms with Crippen LogP contribution in [0.1, 0.15) is 52.7 Å². The van der Waals surface area contributed by atoms with E-state index >= 15 is 0 Å². The highest BCUT2D eigenvalue weighted by molar-refractivity contribution is 7.17. The van der Waals surface area contributed by atoms with E-state index in [2.05, 4.69) is 80.7 Å². The highest BCUT2D eigenvalue weighted by Gasteiger charge is 2.21. The summed E-state index contributed by atoms with van der Waals surface area (Å²) in [6.07, 6.45) is 1.98. The molecule has 0 saturated heterocycles. The molecular formula is C34H31N3OS. The van der Waals surface area contributed by atoms with Gasteiger partial charge in [0, 0.05) is 21.4 Å². The average molecular weight is 530 g/mol. The van der Waals surface area contributed by atoms with Crippen LogP contribution in [0, 0.1) is 24.2 Å². The van der Waals surface area contributed by atoms with Gasteiger partial charge in [-0.1, -0.05) is 87.5 Å². The van der Waals surface area contributed by atoms with Gasteiger partial charge in [0.1, 0.15) is 11.1 Å². The molecule has 0 spiro atoms. The maximum Gasteiger partial charge on any atom is 0.257 e. The van der Waals surface area contributed by atoms with E-state index in [1.54, 1.807) is 0 Å². The number of benzene rings is 3. The van der Waals surface area contributed by atoms with E-state index in [4.69, 9.17) is 4.98 Å². The molecule has 4 nitrogen and oxygen atoms in total. The first-order valence-corrected chi connectivity index (χ1v) is 14.1. The monoisotopic (exact) mass is 529 g/mol. The molecule has 2 aromatic heterocycles. The van der Waals surface area contributed by atoms with Crippen molar-refractivity contribution in [1.82, 2.24) is 4.98 Å². The molecule has 0 saturated carbocycles. The van der Waals surface area contributed by atoms with Gasteiger partial charge in [-0.15, -0.1) is 11.3 Å². The second-order valence-corrected chi connectivity index (χ2v) is 11.4. The minimum absolute atomic E-state index is 0.253. The quantitative estimate of drug-likeness (QED) is 0.229. The van der Waals surface area contributed by atoms with Gasteiger partial charge in [-0.25, -0.2) is 4.98 Å². The number of nitrogens with zero attached hydrogens (tertiary/aromatic N) is 2. The molecule has 0 unspecified atom stereocenters. The summed E-state index contributed by atoms with van der Waals surface area (Å²) in [5, 5.41) is 14.5. The van der Waals surface area contributed by atoms with Crippen LogP contribution in [-0.4, -0.2) is 10.9 Å². The summed E-state index contributed by atoms with van der Waals surface area (Å²) < 4.78 is 0. The number of hydrogen-bond donors (Lipinski definition) is 1. The Hall–Kier alpha value is -4.27. The zero-order chi connectivity index (χ0) is 27.5. The number of carbonyl (C=O) groups excluding carboxylic acids is 1. The first-order chi connectivity index (χ1) is 18.9. The Balaban J connectivity index is 1.52. The van der Waals surface area contributed by atoms with Crippen molar-refractivity contribution in [2.75, 3.05) is 5.32 Å². The van der Waals surface area contributed by atoms with Gasteiger partial charge in [-0.2, -0.15) is 5.26 Å². The molecule has 5 aromatic rings.